The lowest BCUT2D eigenvalue weighted by molar-refractivity contribution is -0.116. The topological polar surface area (TPSA) is 73.2 Å². The predicted molar refractivity (Wildman–Crippen MR) is 125 cm³/mol. The molecule has 0 saturated carbocycles. The lowest BCUT2D eigenvalue weighted by Gasteiger charge is -2.09. The number of ether oxygens (including phenoxy) is 1. The first-order chi connectivity index (χ1) is 15.0. The summed E-state index contributed by atoms with van der Waals surface area (Å²) in [6.45, 7) is 6.40. The van der Waals surface area contributed by atoms with Crippen LogP contribution < -0.4 is 15.6 Å². The van der Waals surface area contributed by atoms with Gasteiger partial charge >= 0.3 is 0 Å². The number of hydrogen-bond acceptors (Lipinski definition) is 5. The van der Waals surface area contributed by atoms with Gasteiger partial charge in [0.25, 0.3) is 5.56 Å². The monoisotopic (exact) mass is 433 g/mol. The number of rotatable bonds is 6. The van der Waals surface area contributed by atoms with Gasteiger partial charge in [-0.2, -0.15) is 0 Å². The highest BCUT2D eigenvalue weighted by Gasteiger charge is 2.18. The fourth-order valence-corrected chi connectivity index (χ4v) is 4.48. The molecule has 7 heteroatoms. The van der Waals surface area contributed by atoms with Gasteiger partial charge in [-0.15, -0.1) is 11.3 Å². The Labute approximate surface area is 184 Å². The summed E-state index contributed by atoms with van der Waals surface area (Å²) >= 11 is 1.49. The first kappa shape index (κ1) is 20.8. The van der Waals surface area contributed by atoms with Crippen LogP contribution in [0.25, 0.3) is 21.3 Å². The van der Waals surface area contributed by atoms with Gasteiger partial charge in [-0.1, -0.05) is 29.8 Å². The maximum atomic E-state index is 13.2. The van der Waals surface area contributed by atoms with E-state index in [1.807, 2.05) is 45.0 Å². The standard InChI is InChI=1S/C24H23N3O3S/c1-4-30-19-11-9-18(10-12-19)26-20(28)13-27-14-25-23-22(24(27)29)21(16(3)31-23)17-7-5-15(2)6-8-17/h5-12,14H,4,13H2,1-3H3,(H,26,28). The van der Waals surface area contributed by atoms with E-state index in [0.717, 1.165) is 27.3 Å². The molecule has 0 fully saturated rings. The van der Waals surface area contributed by atoms with Crippen LogP contribution in [0.1, 0.15) is 17.4 Å². The smallest absolute Gasteiger partial charge is 0.263 e. The third-order valence-corrected chi connectivity index (χ3v) is 5.97. The number of carbonyl (C=O) groups excluding carboxylic acids is 1. The molecule has 0 aliphatic heterocycles. The van der Waals surface area contributed by atoms with Gasteiger partial charge < -0.3 is 10.1 Å². The maximum absolute atomic E-state index is 13.2. The maximum Gasteiger partial charge on any atom is 0.263 e. The van der Waals surface area contributed by atoms with Gasteiger partial charge in [-0.3, -0.25) is 14.2 Å². The van der Waals surface area contributed by atoms with E-state index < -0.39 is 0 Å². The van der Waals surface area contributed by atoms with Crippen LogP contribution in [0.4, 0.5) is 5.69 Å². The highest BCUT2D eigenvalue weighted by molar-refractivity contribution is 7.19. The Balaban J connectivity index is 1.62. The third kappa shape index (κ3) is 4.36. The summed E-state index contributed by atoms with van der Waals surface area (Å²) in [5, 5.41) is 3.37. The number of aromatic nitrogens is 2. The summed E-state index contributed by atoms with van der Waals surface area (Å²) in [7, 11) is 0. The van der Waals surface area contributed by atoms with Crippen molar-refractivity contribution in [1.29, 1.82) is 0 Å². The Morgan fingerprint density at radius 2 is 1.81 bits per heavy atom. The van der Waals surface area contributed by atoms with Crippen LogP contribution in [0.15, 0.2) is 59.7 Å². The van der Waals surface area contributed by atoms with Crippen LogP contribution in [-0.2, 0) is 11.3 Å². The van der Waals surface area contributed by atoms with Crippen LogP contribution >= 0.6 is 11.3 Å². The van der Waals surface area contributed by atoms with Crippen molar-refractivity contribution >= 4 is 33.1 Å². The Morgan fingerprint density at radius 3 is 2.48 bits per heavy atom. The number of thiophene rings is 1. The summed E-state index contributed by atoms with van der Waals surface area (Å²) < 4.78 is 6.77. The molecule has 0 saturated heterocycles. The summed E-state index contributed by atoms with van der Waals surface area (Å²) in [4.78, 5) is 31.9. The number of carbonyl (C=O) groups is 1. The van der Waals surface area contributed by atoms with Gasteiger partial charge in [0.15, 0.2) is 0 Å². The SMILES string of the molecule is CCOc1ccc(NC(=O)Cn2cnc3sc(C)c(-c4ccc(C)cc4)c3c2=O)cc1. The molecule has 0 aliphatic carbocycles. The quantitative estimate of drug-likeness (QED) is 0.475. The summed E-state index contributed by atoms with van der Waals surface area (Å²) in [5.41, 5.74) is 3.44. The van der Waals surface area contributed by atoms with Gasteiger partial charge in [0, 0.05) is 16.1 Å². The zero-order valence-electron chi connectivity index (χ0n) is 17.6. The van der Waals surface area contributed by atoms with Gasteiger partial charge in [-0.05, 0) is 50.6 Å². The summed E-state index contributed by atoms with van der Waals surface area (Å²) in [6.07, 6.45) is 1.44. The molecule has 0 aliphatic rings. The molecule has 1 amide bonds. The molecule has 0 spiro atoms. The summed E-state index contributed by atoms with van der Waals surface area (Å²) in [5.74, 6) is 0.444. The molecule has 0 unspecified atom stereocenters. The minimum absolute atomic E-state index is 0.114. The van der Waals surface area contributed by atoms with Crippen LogP contribution in [0.3, 0.4) is 0 Å². The zero-order chi connectivity index (χ0) is 22.0. The zero-order valence-corrected chi connectivity index (χ0v) is 18.5. The number of fused-ring (bicyclic) bond motifs is 1. The number of aryl methyl sites for hydroxylation is 2. The fourth-order valence-electron chi connectivity index (χ4n) is 3.47. The molecular weight excluding hydrogens is 410 g/mol. The molecular formula is C24H23N3O3S. The normalized spacial score (nSPS) is 10.9. The van der Waals surface area contributed by atoms with Crippen molar-refractivity contribution in [2.24, 2.45) is 0 Å². The van der Waals surface area contributed by atoms with E-state index in [-0.39, 0.29) is 18.0 Å². The molecule has 4 aromatic rings. The molecule has 2 aromatic carbocycles. The molecule has 0 bridgehead atoms. The Bertz CT molecular complexity index is 1290. The second-order valence-corrected chi connectivity index (χ2v) is 8.47. The van der Waals surface area contributed by atoms with Gasteiger partial charge in [0.2, 0.25) is 5.91 Å². The van der Waals surface area contributed by atoms with Crippen LogP contribution in [-0.4, -0.2) is 22.1 Å². The summed E-state index contributed by atoms with van der Waals surface area (Å²) in [6, 6.07) is 15.2. The molecule has 31 heavy (non-hydrogen) atoms. The van der Waals surface area contributed by atoms with Gasteiger partial charge in [0.1, 0.15) is 17.1 Å². The van der Waals surface area contributed by atoms with E-state index in [1.54, 1.807) is 24.3 Å². The molecule has 0 radical (unpaired) electrons. The van der Waals surface area contributed by atoms with Crippen LogP contribution in [0.2, 0.25) is 0 Å². The van der Waals surface area contributed by atoms with Crippen molar-refractivity contribution in [3.8, 4) is 16.9 Å². The number of hydrogen-bond donors (Lipinski definition) is 1. The first-order valence-electron chi connectivity index (χ1n) is 10.0. The van der Waals surface area contributed by atoms with Crippen LogP contribution in [0.5, 0.6) is 5.75 Å². The van der Waals surface area contributed by atoms with E-state index >= 15 is 0 Å². The average Bonchev–Trinajstić information content (AvgIpc) is 3.09. The van der Waals surface area contributed by atoms with Crippen molar-refractivity contribution in [2.75, 3.05) is 11.9 Å². The molecule has 0 atom stereocenters. The van der Waals surface area contributed by atoms with Crippen molar-refractivity contribution < 1.29 is 9.53 Å². The predicted octanol–water partition coefficient (Wildman–Crippen LogP) is 4.78. The molecule has 158 valence electrons. The van der Waals surface area contributed by atoms with Crippen molar-refractivity contribution in [3.63, 3.8) is 0 Å². The second kappa shape index (κ2) is 8.73. The number of nitrogens with one attached hydrogen (secondary N) is 1. The lowest BCUT2D eigenvalue weighted by Crippen LogP contribution is -2.27. The number of nitrogens with zero attached hydrogens (tertiary/aromatic N) is 2. The second-order valence-electron chi connectivity index (χ2n) is 7.26. The molecule has 1 N–H and O–H groups in total. The van der Waals surface area contributed by atoms with E-state index in [0.29, 0.717) is 22.5 Å². The third-order valence-electron chi connectivity index (χ3n) is 4.96. The molecule has 6 nitrogen and oxygen atoms in total. The fraction of sp³-hybridized carbons (Fsp3) is 0.208. The van der Waals surface area contributed by atoms with E-state index in [1.165, 1.54) is 22.2 Å². The van der Waals surface area contributed by atoms with Crippen molar-refractivity contribution in [3.05, 3.63) is 75.7 Å². The van der Waals surface area contributed by atoms with Crippen molar-refractivity contribution in [1.82, 2.24) is 9.55 Å². The van der Waals surface area contributed by atoms with Crippen molar-refractivity contribution in [2.45, 2.75) is 27.3 Å². The highest BCUT2D eigenvalue weighted by Crippen LogP contribution is 2.35. The molecule has 2 aromatic heterocycles. The van der Waals surface area contributed by atoms with Crippen LogP contribution in [0, 0.1) is 13.8 Å². The largest absolute Gasteiger partial charge is 0.494 e. The number of anilines is 1. The van der Waals surface area contributed by atoms with Gasteiger partial charge in [-0.25, -0.2) is 4.98 Å². The highest BCUT2D eigenvalue weighted by atomic mass is 32.1. The first-order valence-corrected chi connectivity index (χ1v) is 10.9. The van der Waals surface area contributed by atoms with Gasteiger partial charge in [0.05, 0.1) is 18.3 Å². The lowest BCUT2D eigenvalue weighted by atomic mass is 10.0. The van der Waals surface area contributed by atoms with E-state index in [4.69, 9.17) is 4.74 Å². The van der Waals surface area contributed by atoms with E-state index in [2.05, 4.69) is 10.3 Å². The Morgan fingerprint density at radius 1 is 1.10 bits per heavy atom. The molecule has 4 rings (SSSR count). The Kier molecular flexibility index (Phi) is 5.86. The minimum atomic E-state index is -0.295. The molecule has 2 heterocycles. The van der Waals surface area contributed by atoms with E-state index in [9.17, 15) is 9.59 Å². The number of amides is 1. The Hall–Kier alpha value is -3.45. The number of benzene rings is 2. The minimum Gasteiger partial charge on any atom is -0.494 e. The average molecular weight is 434 g/mol.